The van der Waals surface area contributed by atoms with Gasteiger partial charge >= 0.3 is 0 Å². The summed E-state index contributed by atoms with van der Waals surface area (Å²) in [5.74, 6) is -0.201. The molecule has 1 saturated heterocycles. The lowest BCUT2D eigenvalue weighted by Crippen LogP contribution is -2.44. The van der Waals surface area contributed by atoms with E-state index in [1.807, 2.05) is 45.0 Å². The highest BCUT2D eigenvalue weighted by atomic mass is 32.2. The Morgan fingerprint density at radius 3 is 2.16 bits per heavy atom. The van der Waals surface area contributed by atoms with Gasteiger partial charge in [-0.3, -0.25) is 4.79 Å². The number of nitrogens with one attached hydrogen (secondary N) is 2. The van der Waals surface area contributed by atoms with Gasteiger partial charge in [-0.15, -0.1) is 0 Å². The summed E-state index contributed by atoms with van der Waals surface area (Å²) in [6.07, 6.45) is 4.09. The van der Waals surface area contributed by atoms with Gasteiger partial charge in [0.15, 0.2) is 0 Å². The van der Waals surface area contributed by atoms with Gasteiger partial charge < -0.3 is 10.2 Å². The molecule has 0 aliphatic carbocycles. The minimum atomic E-state index is -3.80. The van der Waals surface area contributed by atoms with E-state index in [0.29, 0.717) is 12.1 Å². The van der Waals surface area contributed by atoms with Crippen LogP contribution >= 0.6 is 0 Å². The van der Waals surface area contributed by atoms with Crippen molar-refractivity contribution in [2.75, 3.05) is 23.3 Å². The molecule has 1 aliphatic rings. The van der Waals surface area contributed by atoms with E-state index in [1.165, 1.54) is 19.3 Å². The summed E-state index contributed by atoms with van der Waals surface area (Å²) in [6.45, 7) is 7.95. The summed E-state index contributed by atoms with van der Waals surface area (Å²) in [6, 6.07) is 13.5. The van der Waals surface area contributed by atoms with Crippen LogP contribution in [0, 0.1) is 12.8 Å². The zero-order valence-corrected chi connectivity index (χ0v) is 19.4. The van der Waals surface area contributed by atoms with Gasteiger partial charge in [0.2, 0.25) is 15.9 Å². The molecule has 6 nitrogen and oxygen atoms in total. The van der Waals surface area contributed by atoms with Gasteiger partial charge in [-0.05, 0) is 74.9 Å². The Hall–Kier alpha value is -2.38. The highest BCUT2D eigenvalue weighted by molar-refractivity contribution is 7.89. The van der Waals surface area contributed by atoms with Crippen LogP contribution in [0.1, 0.15) is 45.1 Å². The Kier molecular flexibility index (Phi) is 7.73. The maximum atomic E-state index is 12.9. The average Bonchev–Trinajstić information content (AvgIpc) is 2.74. The maximum absolute atomic E-state index is 12.9. The Labute approximate surface area is 186 Å². The number of aryl methyl sites for hydroxylation is 1. The Balaban J connectivity index is 1.70. The van der Waals surface area contributed by atoms with Crippen LogP contribution in [-0.4, -0.2) is 33.5 Å². The standard InChI is InChI=1S/C24H33N3O3S/c1-18(2)17-23(26-31(29,30)22-13-7-19(3)8-14-22)24(28)25-20-9-11-21(12-10-20)27-15-5-4-6-16-27/h7-14,18,23,26H,4-6,15-17H2,1-3H3,(H,25,28). The average molecular weight is 444 g/mol. The smallest absolute Gasteiger partial charge is 0.242 e. The van der Waals surface area contributed by atoms with Crippen LogP contribution in [0.3, 0.4) is 0 Å². The number of sulfonamides is 1. The summed E-state index contributed by atoms with van der Waals surface area (Å²) in [4.78, 5) is 15.5. The van der Waals surface area contributed by atoms with Gasteiger partial charge in [0.1, 0.15) is 6.04 Å². The molecule has 2 N–H and O–H groups in total. The molecule has 0 aromatic heterocycles. The first kappa shape index (κ1) is 23.3. The van der Waals surface area contributed by atoms with Gasteiger partial charge in [0, 0.05) is 24.5 Å². The monoisotopic (exact) mass is 443 g/mol. The van der Waals surface area contributed by atoms with Gasteiger partial charge in [-0.2, -0.15) is 4.72 Å². The summed E-state index contributed by atoms with van der Waals surface area (Å²) >= 11 is 0. The summed E-state index contributed by atoms with van der Waals surface area (Å²) in [7, 11) is -3.80. The molecule has 1 aliphatic heterocycles. The zero-order valence-electron chi connectivity index (χ0n) is 18.6. The number of hydrogen-bond donors (Lipinski definition) is 2. The van der Waals surface area contributed by atoms with Crippen LogP contribution in [0.4, 0.5) is 11.4 Å². The van der Waals surface area contributed by atoms with Gasteiger partial charge in [0.25, 0.3) is 0 Å². The number of rotatable bonds is 8. The van der Waals surface area contributed by atoms with E-state index < -0.39 is 16.1 Å². The minimum absolute atomic E-state index is 0.151. The lowest BCUT2D eigenvalue weighted by Gasteiger charge is -2.29. The SMILES string of the molecule is Cc1ccc(S(=O)(=O)NC(CC(C)C)C(=O)Nc2ccc(N3CCCCC3)cc2)cc1. The van der Waals surface area contributed by atoms with Crippen LogP contribution in [0.5, 0.6) is 0 Å². The summed E-state index contributed by atoms with van der Waals surface area (Å²) in [5.41, 5.74) is 2.79. The topological polar surface area (TPSA) is 78.5 Å². The number of carbonyl (C=O) groups excluding carboxylic acids is 1. The molecule has 1 fully saturated rings. The second-order valence-corrected chi connectivity index (χ2v) is 10.4. The first-order valence-corrected chi connectivity index (χ1v) is 12.5. The molecule has 31 heavy (non-hydrogen) atoms. The molecule has 0 radical (unpaired) electrons. The van der Waals surface area contributed by atoms with E-state index in [2.05, 4.69) is 14.9 Å². The van der Waals surface area contributed by atoms with Crippen molar-refractivity contribution in [1.82, 2.24) is 4.72 Å². The van der Waals surface area contributed by atoms with Crippen molar-refractivity contribution >= 4 is 27.3 Å². The number of amides is 1. The second-order valence-electron chi connectivity index (χ2n) is 8.70. The van der Waals surface area contributed by atoms with Crippen molar-refractivity contribution in [2.24, 2.45) is 5.92 Å². The van der Waals surface area contributed by atoms with Gasteiger partial charge in [-0.25, -0.2) is 8.42 Å². The van der Waals surface area contributed by atoms with Crippen molar-refractivity contribution in [3.05, 3.63) is 54.1 Å². The van der Waals surface area contributed by atoms with E-state index in [-0.39, 0.29) is 16.7 Å². The largest absolute Gasteiger partial charge is 0.372 e. The molecular formula is C24H33N3O3S. The van der Waals surface area contributed by atoms with Crippen molar-refractivity contribution in [1.29, 1.82) is 0 Å². The summed E-state index contributed by atoms with van der Waals surface area (Å²) < 4.78 is 28.2. The van der Waals surface area contributed by atoms with Crippen LogP contribution in [0.25, 0.3) is 0 Å². The number of nitrogens with zero attached hydrogens (tertiary/aromatic N) is 1. The Morgan fingerprint density at radius 1 is 0.968 bits per heavy atom. The van der Waals surface area contributed by atoms with Crippen LogP contribution in [-0.2, 0) is 14.8 Å². The predicted octanol–water partition coefficient (Wildman–Crippen LogP) is 4.32. The zero-order chi connectivity index (χ0) is 22.4. The number of benzene rings is 2. The summed E-state index contributed by atoms with van der Waals surface area (Å²) in [5, 5.41) is 2.88. The molecule has 3 rings (SSSR count). The first-order valence-electron chi connectivity index (χ1n) is 11.0. The fourth-order valence-corrected chi connectivity index (χ4v) is 5.00. The lowest BCUT2D eigenvalue weighted by atomic mass is 10.0. The van der Waals surface area contributed by atoms with Crippen molar-refractivity contribution in [3.8, 4) is 0 Å². The molecule has 0 bridgehead atoms. The molecule has 1 heterocycles. The van der Waals surface area contributed by atoms with Gasteiger partial charge in [-0.1, -0.05) is 31.5 Å². The molecule has 2 aromatic rings. The van der Waals surface area contributed by atoms with Crippen molar-refractivity contribution < 1.29 is 13.2 Å². The molecule has 1 amide bonds. The van der Waals surface area contributed by atoms with Crippen LogP contribution in [0.15, 0.2) is 53.4 Å². The van der Waals surface area contributed by atoms with Crippen LogP contribution < -0.4 is 14.9 Å². The number of piperidine rings is 1. The highest BCUT2D eigenvalue weighted by Gasteiger charge is 2.26. The van der Waals surface area contributed by atoms with Crippen LogP contribution in [0.2, 0.25) is 0 Å². The fourth-order valence-electron chi connectivity index (χ4n) is 3.79. The molecule has 168 valence electrons. The normalized spacial score (nSPS) is 15.7. The van der Waals surface area contributed by atoms with E-state index >= 15 is 0 Å². The van der Waals surface area contributed by atoms with E-state index in [4.69, 9.17) is 0 Å². The van der Waals surface area contributed by atoms with Crippen molar-refractivity contribution in [3.63, 3.8) is 0 Å². The number of anilines is 2. The maximum Gasteiger partial charge on any atom is 0.242 e. The quantitative estimate of drug-likeness (QED) is 0.637. The lowest BCUT2D eigenvalue weighted by molar-refractivity contribution is -0.118. The first-order chi connectivity index (χ1) is 14.7. The Morgan fingerprint density at radius 2 is 1.58 bits per heavy atom. The second kappa shape index (κ2) is 10.3. The molecule has 7 heteroatoms. The molecule has 1 atom stereocenters. The highest BCUT2D eigenvalue weighted by Crippen LogP contribution is 2.22. The van der Waals surface area contributed by atoms with E-state index in [0.717, 1.165) is 24.3 Å². The molecule has 0 saturated carbocycles. The minimum Gasteiger partial charge on any atom is -0.372 e. The Bertz CT molecular complexity index is 964. The third-order valence-electron chi connectivity index (χ3n) is 5.51. The fraction of sp³-hybridized carbons (Fsp3) is 0.458. The molecule has 1 unspecified atom stereocenters. The third-order valence-corrected chi connectivity index (χ3v) is 7.00. The van der Waals surface area contributed by atoms with E-state index in [9.17, 15) is 13.2 Å². The molecule has 2 aromatic carbocycles. The number of hydrogen-bond acceptors (Lipinski definition) is 4. The third kappa shape index (κ3) is 6.55. The molecule has 0 spiro atoms. The van der Waals surface area contributed by atoms with Gasteiger partial charge in [0.05, 0.1) is 4.90 Å². The number of carbonyl (C=O) groups is 1. The van der Waals surface area contributed by atoms with E-state index in [1.54, 1.807) is 24.3 Å². The molecular weight excluding hydrogens is 410 g/mol. The predicted molar refractivity (Wildman–Crippen MR) is 126 cm³/mol. The van der Waals surface area contributed by atoms with Crippen molar-refractivity contribution in [2.45, 2.75) is 57.4 Å².